The molecule has 0 saturated heterocycles. The van der Waals surface area contributed by atoms with Crippen molar-refractivity contribution in [1.82, 2.24) is 0 Å². The summed E-state index contributed by atoms with van der Waals surface area (Å²) in [7, 11) is -0.937. The Kier molecular flexibility index (Phi) is 9.82. The molecule has 2 aliphatic carbocycles. The summed E-state index contributed by atoms with van der Waals surface area (Å²) in [4.78, 5) is 12.0. The summed E-state index contributed by atoms with van der Waals surface area (Å²) in [6.07, 6.45) is 7.01. The second kappa shape index (κ2) is 13.4. The van der Waals surface area contributed by atoms with E-state index in [1.807, 2.05) is 0 Å². The summed E-state index contributed by atoms with van der Waals surface area (Å²) in [5, 5.41) is 2.58. The van der Waals surface area contributed by atoms with Crippen LogP contribution in [0.25, 0.3) is 0 Å². The lowest BCUT2D eigenvalue weighted by molar-refractivity contribution is -0.147. The first-order valence-corrected chi connectivity index (χ1v) is 18.2. The highest BCUT2D eigenvalue weighted by Crippen LogP contribution is 2.51. The van der Waals surface area contributed by atoms with Gasteiger partial charge in [0.05, 0.1) is 7.11 Å². The molecule has 0 N–H and O–H groups in total. The molecule has 0 heterocycles. The molecule has 1 unspecified atom stereocenters. The van der Waals surface area contributed by atoms with E-state index in [4.69, 9.17) is 13.9 Å². The number of carbonyl (C=O) groups is 1. The molecule has 5 heteroatoms. The zero-order chi connectivity index (χ0) is 30.6. The van der Waals surface area contributed by atoms with Gasteiger partial charge in [0.25, 0.3) is 8.32 Å². The van der Waals surface area contributed by atoms with Crippen LogP contribution in [0.5, 0.6) is 5.75 Å². The van der Waals surface area contributed by atoms with Crippen molar-refractivity contribution >= 4 is 24.7 Å². The maximum atomic E-state index is 12.0. The number of fused-ring (bicyclic) bond motifs is 2. The van der Waals surface area contributed by atoms with E-state index in [9.17, 15) is 4.79 Å². The quantitative estimate of drug-likeness (QED) is 0.169. The monoisotopic (exact) mass is 598 g/mol. The Morgan fingerprint density at radius 3 is 2.12 bits per heavy atom. The third-order valence-corrected chi connectivity index (χ3v) is 15.1. The molecule has 3 aromatic carbocycles. The first-order chi connectivity index (χ1) is 20.7. The molecule has 43 heavy (non-hydrogen) atoms. The van der Waals surface area contributed by atoms with Gasteiger partial charge < -0.3 is 13.9 Å². The van der Waals surface area contributed by atoms with Crippen LogP contribution in [-0.4, -0.2) is 33.6 Å². The van der Waals surface area contributed by atoms with Crippen molar-refractivity contribution in [3.63, 3.8) is 0 Å². The molecule has 0 aliphatic heterocycles. The number of ether oxygens (including phenoxy) is 2. The molecule has 1 saturated carbocycles. The Morgan fingerprint density at radius 2 is 1.56 bits per heavy atom. The third kappa shape index (κ3) is 6.49. The summed E-state index contributed by atoms with van der Waals surface area (Å²) < 4.78 is 19.5. The van der Waals surface area contributed by atoms with Crippen molar-refractivity contribution < 1.29 is 18.7 Å². The largest absolute Gasteiger partial charge is 0.496 e. The number of methoxy groups -OCH3 is 1. The highest BCUT2D eigenvalue weighted by molar-refractivity contribution is 6.99. The van der Waals surface area contributed by atoms with Crippen molar-refractivity contribution in [1.29, 1.82) is 0 Å². The Hall–Kier alpha value is -2.89. The molecule has 0 spiro atoms. The molecule has 1 fully saturated rings. The minimum absolute atomic E-state index is 0.0361. The minimum Gasteiger partial charge on any atom is -0.496 e. The molecule has 0 bridgehead atoms. The minimum atomic E-state index is -2.73. The zero-order valence-electron chi connectivity index (χ0n) is 27.0. The Labute approximate surface area is 260 Å². The van der Waals surface area contributed by atoms with Gasteiger partial charge in [0.1, 0.15) is 11.9 Å². The fourth-order valence-electron chi connectivity index (χ4n) is 8.22. The average Bonchev–Trinajstić information content (AvgIpc) is 3.32. The number of benzene rings is 3. The fourth-order valence-corrected chi connectivity index (χ4v) is 13.0. The molecule has 0 radical (unpaired) electrons. The lowest BCUT2D eigenvalue weighted by atomic mass is 9.73. The van der Waals surface area contributed by atoms with Gasteiger partial charge in [-0.25, -0.2) is 0 Å². The van der Waals surface area contributed by atoms with Crippen LogP contribution >= 0.6 is 0 Å². The molecule has 5 rings (SSSR count). The van der Waals surface area contributed by atoms with Gasteiger partial charge in [-0.3, -0.25) is 4.79 Å². The van der Waals surface area contributed by atoms with E-state index in [0.717, 1.165) is 50.7 Å². The average molecular weight is 599 g/mol. The van der Waals surface area contributed by atoms with Gasteiger partial charge in [0.2, 0.25) is 0 Å². The summed E-state index contributed by atoms with van der Waals surface area (Å²) in [5.74, 6) is 2.29. The predicted octanol–water partition coefficient (Wildman–Crippen LogP) is 7.50. The van der Waals surface area contributed by atoms with E-state index in [1.54, 1.807) is 7.11 Å². The lowest BCUT2D eigenvalue weighted by Gasteiger charge is -2.46. The second-order valence-electron chi connectivity index (χ2n) is 13.7. The molecule has 4 nitrogen and oxygen atoms in total. The number of hydrogen-bond acceptors (Lipinski definition) is 4. The van der Waals surface area contributed by atoms with E-state index < -0.39 is 8.32 Å². The number of carbonyl (C=O) groups excluding carboxylic acids is 1. The summed E-state index contributed by atoms with van der Waals surface area (Å²) >= 11 is 0. The fraction of sp³-hybridized carbons (Fsp3) is 0.500. The van der Waals surface area contributed by atoms with E-state index in [1.165, 1.54) is 28.4 Å². The predicted molar refractivity (Wildman–Crippen MR) is 178 cm³/mol. The molecular weight excluding hydrogens is 549 g/mol. The van der Waals surface area contributed by atoms with Gasteiger partial charge in [-0.15, -0.1) is 0 Å². The van der Waals surface area contributed by atoms with Crippen molar-refractivity contribution in [2.75, 3.05) is 7.11 Å². The lowest BCUT2D eigenvalue weighted by Crippen LogP contribution is -2.68. The Bertz CT molecular complexity index is 1310. The van der Waals surface area contributed by atoms with E-state index in [0.29, 0.717) is 17.8 Å². The molecule has 3 aromatic rings. The molecule has 2 aliphatic rings. The molecular formula is C38H50O4Si. The summed E-state index contributed by atoms with van der Waals surface area (Å²) in [6.45, 7) is 10.8. The van der Waals surface area contributed by atoms with Gasteiger partial charge in [-0.1, -0.05) is 107 Å². The van der Waals surface area contributed by atoms with Crippen LogP contribution < -0.4 is 15.1 Å². The first kappa shape index (κ1) is 31.5. The van der Waals surface area contributed by atoms with Gasteiger partial charge in [-0.2, -0.15) is 0 Å². The molecule has 5 atom stereocenters. The first-order valence-electron chi connectivity index (χ1n) is 16.3. The summed E-state index contributed by atoms with van der Waals surface area (Å²) in [5.41, 5.74) is 2.79. The smallest absolute Gasteiger partial charge is 0.302 e. The zero-order valence-corrected chi connectivity index (χ0v) is 28.0. The topological polar surface area (TPSA) is 44.8 Å². The van der Waals surface area contributed by atoms with Crippen molar-refractivity contribution in [2.45, 2.75) is 96.8 Å². The van der Waals surface area contributed by atoms with Crippen molar-refractivity contribution in [2.24, 2.45) is 17.8 Å². The van der Waals surface area contributed by atoms with Crippen molar-refractivity contribution in [3.05, 3.63) is 90.0 Å². The van der Waals surface area contributed by atoms with Gasteiger partial charge in [0.15, 0.2) is 0 Å². The van der Waals surface area contributed by atoms with Crippen LogP contribution in [0.4, 0.5) is 0 Å². The standard InChI is InChI=1S/C38H50O4Si/c1-7-15-30(41-27(2)39)22-23-33-34-24-28-16-14-21-36(40-6)35(28)25-29(34)26-37(33)42-43(38(3,4)5,31-17-10-8-11-18-31)32-19-12-9-13-20-32/h8-14,16-21,29-30,33-34,37H,7,15,22-26H2,1-6H3/t29-,30?,33+,34-,37+/m0/s1. The Morgan fingerprint density at radius 1 is 0.907 bits per heavy atom. The van der Waals surface area contributed by atoms with E-state index in [2.05, 4.69) is 107 Å². The van der Waals surface area contributed by atoms with Crippen LogP contribution in [0.2, 0.25) is 5.04 Å². The summed E-state index contributed by atoms with van der Waals surface area (Å²) in [6, 6.07) is 28.6. The van der Waals surface area contributed by atoms with Crippen LogP contribution in [0.1, 0.15) is 77.8 Å². The van der Waals surface area contributed by atoms with Gasteiger partial charge in [0, 0.05) is 13.0 Å². The highest BCUT2D eigenvalue weighted by atomic mass is 28.4. The third-order valence-electron chi connectivity index (χ3n) is 10.1. The number of rotatable bonds is 11. The van der Waals surface area contributed by atoms with Gasteiger partial charge >= 0.3 is 5.97 Å². The Balaban J connectivity index is 1.56. The van der Waals surface area contributed by atoms with E-state index >= 15 is 0 Å². The van der Waals surface area contributed by atoms with Crippen LogP contribution in [0.3, 0.4) is 0 Å². The number of esters is 1. The molecule has 0 aromatic heterocycles. The van der Waals surface area contributed by atoms with Gasteiger partial charge in [-0.05, 0) is 88.9 Å². The van der Waals surface area contributed by atoms with Crippen LogP contribution in [-0.2, 0) is 26.8 Å². The normalized spacial score (nSPS) is 22.4. The maximum absolute atomic E-state index is 12.0. The molecule has 230 valence electrons. The van der Waals surface area contributed by atoms with Crippen LogP contribution in [0, 0.1) is 17.8 Å². The van der Waals surface area contributed by atoms with Crippen molar-refractivity contribution in [3.8, 4) is 5.75 Å². The van der Waals surface area contributed by atoms with E-state index in [-0.39, 0.29) is 23.2 Å². The van der Waals surface area contributed by atoms with Crippen LogP contribution in [0.15, 0.2) is 78.9 Å². The SMILES string of the molecule is CCCC(CC[C@@H]1[C@H]2Cc3cccc(OC)c3C[C@H]2C[C@H]1O[Si](c1ccccc1)(c1ccccc1)C(C)(C)C)OC(C)=O. The maximum Gasteiger partial charge on any atom is 0.302 e. The second-order valence-corrected chi connectivity index (χ2v) is 18.0. The molecule has 0 amide bonds. The number of hydrogen-bond donors (Lipinski definition) is 0. The highest BCUT2D eigenvalue weighted by Gasteiger charge is 2.55.